The summed E-state index contributed by atoms with van der Waals surface area (Å²) in [5.74, 6) is 0. The Morgan fingerprint density at radius 3 is 2.77 bits per heavy atom. The molecule has 2 rings (SSSR count). The van der Waals surface area contributed by atoms with Gasteiger partial charge in [0.2, 0.25) is 0 Å². The first-order valence-corrected chi connectivity index (χ1v) is 5.12. The molecule has 0 N–H and O–H groups in total. The third kappa shape index (κ3) is 1.66. The number of halogens is 3. The van der Waals surface area contributed by atoms with Gasteiger partial charge in [-0.2, -0.15) is 0 Å². The van der Waals surface area contributed by atoms with Gasteiger partial charge in [0.05, 0.1) is 5.02 Å². The van der Waals surface area contributed by atoms with Crippen LogP contribution >= 0.6 is 39.1 Å². The highest BCUT2D eigenvalue weighted by Crippen LogP contribution is 2.30. The van der Waals surface area contributed by atoms with E-state index in [0.29, 0.717) is 10.2 Å². The highest BCUT2D eigenvalue weighted by molar-refractivity contribution is 9.10. The summed E-state index contributed by atoms with van der Waals surface area (Å²) in [7, 11) is 0. The van der Waals surface area contributed by atoms with Crippen LogP contribution in [0, 0.1) is 0 Å². The lowest BCUT2D eigenvalue weighted by molar-refractivity contribution is 1.36. The quantitative estimate of drug-likeness (QED) is 0.654. The van der Waals surface area contributed by atoms with Crippen LogP contribution in [0.4, 0.5) is 0 Å². The van der Waals surface area contributed by atoms with Crippen LogP contribution < -0.4 is 0 Å². The van der Waals surface area contributed by atoms with E-state index in [0.717, 1.165) is 15.2 Å². The standard InChI is InChI=1S/C9H4BrCl2N/c10-7-4-6-5(3-8(7)11)1-2-13-9(6)12/h1-4H. The number of nitrogens with zero attached hydrogens (tertiary/aromatic N) is 1. The molecule has 13 heavy (non-hydrogen) atoms. The maximum Gasteiger partial charge on any atom is 0.136 e. The first-order valence-electron chi connectivity index (χ1n) is 3.58. The van der Waals surface area contributed by atoms with E-state index in [9.17, 15) is 0 Å². The van der Waals surface area contributed by atoms with Crippen molar-refractivity contribution in [2.24, 2.45) is 0 Å². The Bertz CT molecular complexity index is 470. The molecule has 0 unspecified atom stereocenters. The fraction of sp³-hybridized carbons (Fsp3) is 0. The average Bonchev–Trinajstić information content (AvgIpc) is 2.09. The Balaban J connectivity index is 2.89. The van der Waals surface area contributed by atoms with E-state index in [1.54, 1.807) is 6.20 Å². The fourth-order valence-corrected chi connectivity index (χ4v) is 1.87. The Kier molecular flexibility index (Phi) is 2.45. The summed E-state index contributed by atoms with van der Waals surface area (Å²) in [4.78, 5) is 3.98. The lowest BCUT2D eigenvalue weighted by Gasteiger charge is -2.01. The van der Waals surface area contributed by atoms with Crippen molar-refractivity contribution in [1.82, 2.24) is 4.98 Å². The molecule has 2 aromatic rings. The van der Waals surface area contributed by atoms with Gasteiger partial charge in [0.15, 0.2) is 0 Å². The van der Waals surface area contributed by atoms with Crippen molar-refractivity contribution in [3.05, 3.63) is 39.0 Å². The Morgan fingerprint density at radius 2 is 2.00 bits per heavy atom. The maximum atomic E-state index is 5.93. The summed E-state index contributed by atoms with van der Waals surface area (Å²) < 4.78 is 0.830. The van der Waals surface area contributed by atoms with Crippen LogP contribution in [0.2, 0.25) is 10.2 Å². The molecule has 0 spiro atoms. The van der Waals surface area contributed by atoms with E-state index < -0.39 is 0 Å². The topological polar surface area (TPSA) is 12.9 Å². The van der Waals surface area contributed by atoms with Gasteiger partial charge in [-0.15, -0.1) is 0 Å². The molecule has 0 atom stereocenters. The SMILES string of the molecule is Clc1cc2ccnc(Cl)c2cc1Br. The molecule has 0 saturated heterocycles. The van der Waals surface area contributed by atoms with Crippen molar-refractivity contribution >= 4 is 49.9 Å². The molecule has 1 aromatic carbocycles. The molecule has 0 bridgehead atoms. The monoisotopic (exact) mass is 275 g/mol. The number of fused-ring (bicyclic) bond motifs is 1. The zero-order valence-electron chi connectivity index (χ0n) is 6.39. The van der Waals surface area contributed by atoms with Gasteiger partial charge >= 0.3 is 0 Å². The molecule has 0 fully saturated rings. The number of hydrogen-bond donors (Lipinski definition) is 0. The molecule has 0 aliphatic carbocycles. The van der Waals surface area contributed by atoms with Crippen LogP contribution in [-0.4, -0.2) is 4.98 Å². The lowest BCUT2D eigenvalue weighted by atomic mass is 10.2. The van der Waals surface area contributed by atoms with Crippen molar-refractivity contribution in [3.63, 3.8) is 0 Å². The minimum Gasteiger partial charge on any atom is -0.244 e. The van der Waals surface area contributed by atoms with Gasteiger partial charge in [-0.25, -0.2) is 4.98 Å². The molecule has 0 radical (unpaired) electrons. The number of pyridine rings is 1. The highest BCUT2D eigenvalue weighted by Gasteiger charge is 2.03. The number of aromatic nitrogens is 1. The minimum absolute atomic E-state index is 0.495. The molecule has 0 aliphatic rings. The van der Waals surface area contributed by atoms with E-state index >= 15 is 0 Å². The largest absolute Gasteiger partial charge is 0.244 e. The molecular formula is C9H4BrCl2N. The van der Waals surface area contributed by atoms with Crippen LogP contribution in [0.1, 0.15) is 0 Å². The third-order valence-corrected chi connectivity index (χ3v) is 3.25. The van der Waals surface area contributed by atoms with Crippen LogP contribution in [-0.2, 0) is 0 Å². The molecule has 1 heterocycles. The third-order valence-electron chi connectivity index (χ3n) is 1.76. The second-order valence-corrected chi connectivity index (χ2v) is 4.21. The predicted octanol–water partition coefficient (Wildman–Crippen LogP) is 4.30. The molecule has 66 valence electrons. The van der Waals surface area contributed by atoms with Crippen LogP contribution in [0.3, 0.4) is 0 Å². The van der Waals surface area contributed by atoms with Gasteiger partial charge < -0.3 is 0 Å². The minimum atomic E-state index is 0.495. The molecule has 0 saturated carbocycles. The first kappa shape index (κ1) is 9.25. The van der Waals surface area contributed by atoms with E-state index in [1.807, 2.05) is 18.2 Å². The van der Waals surface area contributed by atoms with Crippen molar-refractivity contribution < 1.29 is 0 Å². The van der Waals surface area contributed by atoms with Crippen molar-refractivity contribution in [2.75, 3.05) is 0 Å². The van der Waals surface area contributed by atoms with Crippen LogP contribution in [0.25, 0.3) is 10.8 Å². The summed E-state index contributed by atoms with van der Waals surface area (Å²) in [5.41, 5.74) is 0. The van der Waals surface area contributed by atoms with Gasteiger partial charge in [-0.1, -0.05) is 23.2 Å². The van der Waals surface area contributed by atoms with Gasteiger partial charge in [0.25, 0.3) is 0 Å². The summed E-state index contributed by atoms with van der Waals surface area (Å²) in [5, 5.41) is 3.07. The van der Waals surface area contributed by atoms with E-state index in [4.69, 9.17) is 23.2 Å². The van der Waals surface area contributed by atoms with Crippen molar-refractivity contribution in [1.29, 1.82) is 0 Å². The van der Waals surface area contributed by atoms with Gasteiger partial charge in [0.1, 0.15) is 5.15 Å². The Hall–Kier alpha value is -0.310. The number of rotatable bonds is 0. The Morgan fingerprint density at radius 1 is 1.23 bits per heavy atom. The van der Waals surface area contributed by atoms with Crippen LogP contribution in [0.5, 0.6) is 0 Å². The smallest absolute Gasteiger partial charge is 0.136 e. The van der Waals surface area contributed by atoms with Gasteiger partial charge in [0, 0.05) is 16.1 Å². The average molecular weight is 277 g/mol. The zero-order valence-corrected chi connectivity index (χ0v) is 9.49. The number of benzene rings is 1. The van der Waals surface area contributed by atoms with Gasteiger partial charge in [-0.3, -0.25) is 0 Å². The van der Waals surface area contributed by atoms with Crippen molar-refractivity contribution in [3.8, 4) is 0 Å². The first-order chi connectivity index (χ1) is 6.18. The predicted molar refractivity (Wildman–Crippen MR) is 59.5 cm³/mol. The second kappa shape index (κ2) is 3.45. The second-order valence-electron chi connectivity index (χ2n) is 2.59. The highest BCUT2D eigenvalue weighted by atomic mass is 79.9. The van der Waals surface area contributed by atoms with E-state index in [2.05, 4.69) is 20.9 Å². The zero-order chi connectivity index (χ0) is 9.42. The molecule has 1 nitrogen and oxygen atoms in total. The summed E-state index contributed by atoms with van der Waals surface area (Å²) in [6, 6.07) is 5.60. The van der Waals surface area contributed by atoms with Crippen molar-refractivity contribution in [2.45, 2.75) is 0 Å². The summed E-state index contributed by atoms with van der Waals surface area (Å²) in [6.07, 6.45) is 1.66. The Labute approximate surface area is 93.8 Å². The number of hydrogen-bond acceptors (Lipinski definition) is 1. The summed E-state index contributed by atoms with van der Waals surface area (Å²) >= 11 is 15.2. The fourth-order valence-electron chi connectivity index (χ4n) is 1.13. The molecular weight excluding hydrogens is 273 g/mol. The normalized spacial score (nSPS) is 10.7. The van der Waals surface area contributed by atoms with E-state index in [-0.39, 0.29) is 0 Å². The van der Waals surface area contributed by atoms with Gasteiger partial charge in [-0.05, 0) is 39.5 Å². The maximum absolute atomic E-state index is 5.93. The lowest BCUT2D eigenvalue weighted by Crippen LogP contribution is -1.79. The molecule has 1 aromatic heterocycles. The molecule has 4 heteroatoms. The summed E-state index contributed by atoms with van der Waals surface area (Å²) in [6.45, 7) is 0. The molecule has 0 amide bonds. The molecule has 0 aliphatic heterocycles. The van der Waals surface area contributed by atoms with Crippen LogP contribution in [0.15, 0.2) is 28.9 Å². The van der Waals surface area contributed by atoms with E-state index in [1.165, 1.54) is 0 Å².